The highest BCUT2D eigenvalue weighted by molar-refractivity contribution is 5.99. The smallest absolute Gasteiger partial charge is 0.247 e. The minimum absolute atomic E-state index is 0.0224. The van der Waals surface area contributed by atoms with Crippen molar-refractivity contribution in [2.24, 2.45) is 0 Å². The number of amides is 1. The predicted octanol–water partition coefficient (Wildman–Crippen LogP) is 3.70. The van der Waals surface area contributed by atoms with Gasteiger partial charge in [0.05, 0.1) is 23.4 Å². The van der Waals surface area contributed by atoms with Crippen LogP contribution in [-0.4, -0.2) is 71.8 Å². The number of aromatic nitrogens is 3. The zero-order valence-corrected chi connectivity index (χ0v) is 22.4. The van der Waals surface area contributed by atoms with Crippen LogP contribution < -0.4 is 21.0 Å². The highest BCUT2D eigenvalue weighted by atomic mass is 19.2. The Morgan fingerprint density at radius 3 is 2.68 bits per heavy atom. The molecule has 0 spiro atoms. The molecule has 10 nitrogen and oxygen atoms in total. The van der Waals surface area contributed by atoms with Gasteiger partial charge in [0.2, 0.25) is 11.9 Å². The third-order valence-corrected chi connectivity index (χ3v) is 6.85. The number of nitrogens with zero attached hydrogens (tertiary/aromatic N) is 5. The molecule has 0 aliphatic carbocycles. The molecule has 212 valence electrons. The molecular formula is C29H29F2N7O3. The van der Waals surface area contributed by atoms with Gasteiger partial charge in [-0.1, -0.05) is 12.6 Å². The number of halogens is 2. The van der Waals surface area contributed by atoms with E-state index in [-0.39, 0.29) is 39.7 Å². The van der Waals surface area contributed by atoms with E-state index in [1.165, 1.54) is 24.4 Å². The molecule has 1 amide bonds. The monoisotopic (exact) mass is 561 g/mol. The third kappa shape index (κ3) is 6.08. The summed E-state index contributed by atoms with van der Waals surface area (Å²) in [5.74, 6) is -2.41. The molecule has 0 unspecified atom stereocenters. The van der Waals surface area contributed by atoms with Crippen molar-refractivity contribution in [3.8, 4) is 5.69 Å². The van der Waals surface area contributed by atoms with Crippen LogP contribution in [0.15, 0.2) is 72.3 Å². The molecule has 0 bridgehead atoms. The molecule has 41 heavy (non-hydrogen) atoms. The van der Waals surface area contributed by atoms with Gasteiger partial charge >= 0.3 is 0 Å². The summed E-state index contributed by atoms with van der Waals surface area (Å²) in [5, 5.41) is 5.66. The van der Waals surface area contributed by atoms with Crippen LogP contribution in [0.1, 0.15) is 0 Å². The summed E-state index contributed by atoms with van der Waals surface area (Å²) in [6.45, 7) is 7.44. The molecule has 0 radical (unpaired) electrons. The number of benzene rings is 2. The highest BCUT2D eigenvalue weighted by Crippen LogP contribution is 2.29. The normalized spacial score (nSPS) is 13.8. The van der Waals surface area contributed by atoms with Gasteiger partial charge in [-0.25, -0.2) is 13.8 Å². The first-order valence-corrected chi connectivity index (χ1v) is 13.0. The number of nitrogens with one attached hydrogen (secondary N) is 2. The summed E-state index contributed by atoms with van der Waals surface area (Å²) in [6.07, 6.45) is 4.03. The van der Waals surface area contributed by atoms with Crippen LogP contribution in [0.2, 0.25) is 0 Å². The Morgan fingerprint density at radius 1 is 1.12 bits per heavy atom. The molecule has 0 atom stereocenters. The second-order valence-corrected chi connectivity index (χ2v) is 9.43. The maximum atomic E-state index is 15.2. The molecule has 4 aromatic rings. The summed E-state index contributed by atoms with van der Waals surface area (Å²) in [5.41, 5.74) is 1.11. The first-order chi connectivity index (χ1) is 19.9. The summed E-state index contributed by atoms with van der Waals surface area (Å²) in [7, 11) is 1.65. The van der Waals surface area contributed by atoms with Gasteiger partial charge in [-0.15, -0.1) is 0 Å². The molecular weight excluding hydrogens is 532 g/mol. The number of ether oxygens (including phenoxy) is 1. The Bertz CT molecular complexity index is 1650. The SMILES string of the molecule is C=CC(=O)Nc1cccc(-n2ccc(=O)c3cnc(Nc4ccc(N5CCN(CCOC)CC5)c(F)c4F)nc32)c1. The second-order valence-electron chi connectivity index (χ2n) is 9.43. The molecule has 2 aromatic carbocycles. The zero-order chi connectivity index (χ0) is 28.9. The van der Waals surface area contributed by atoms with Crippen molar-refractivity contribution >= 4 is 40.0 Å². The molecule has 2 N–H and O–H groups in total. The third-order valence-electron chi connectivity index (χ3n) is 6.85. The van der Waals surface area contributed by atoms with Gasteiger partial charge in [0.25, 0.3) is 0 Å². The van der Waals surface area contributed by atoms with Crippen molar-refractivity contribution in [3.05, 3.63) is 89.4 Å². The van der Waals surface area contributed by atoms with Gasteiger partial charge in [0.1, 0.15) is 0 Å². The quantitative estimate of drug-likeness (QED) is 0.298. The Kier molecular flexibility index (Phi) is 8.31. The first-order valence-electron chi connectivity index (χ1n) is 13.0. The van der Waals surface area contributed by atoms with E-state index in [0.717, 1.165) is 25.7 Å². The fourth-order valence-corrected chi connectivity index (χ4v) is 4.66. The molecule has 1 aliphatic rings. The molecule has 5 rings (SSSR count). The Balaban J connectivity index is 1.41. The minimum Gasteiger partial charge on any atom is -0.383 e. The number of hydrogen-bond donors (Lipinski definition) is 2. The number of rotatable bonds is 9. The fraction of sp³-hybridized carbons (Fsp3) is 0.241. The van der Waals surface area contributed by atoms with E-state index in [2.05, 4.69) is 32.1 Å². The van der Waals surface area contributed by atoms with Crippen LogP contribution in [0.25, 0.3) is 16.7 Å². The van der Waals surface area contributed by atoms with E-state index in [4.69, 9.17) is 4.74 Å². The lowest BCUT2D eigenvalue weighted by atomic mass is 10.2. The molecule has 12 heteroatoms. The average Bonchev–Trinajstić information content (AvgIpc) is 2.99. The maximum Gasteiger partial charge on any atom is 0.247 e. The van der Waals surface area contributed by atoms with Crippen molar-refractivity contribution in [1.82, 2.24) is 19.4 Å². The van der Waals surface area contributed by atoms with Gasteiger partial charge in [-0.05, 0) is 36.4 Å². The molecule has 2 aromatic heterocycles. The predicted molar refractivity (Wildman–Crippen MR) is 154 cm³/mol. The van der Waals surface area contributed by atoms with Crippen molar-refractivity contribution in [2.75, 3.05) is 62.0 Å². The van der Waals surface area contributed by atoms with Crippen molar-refractivity contribution < 1.29 is 18.3 Å². The molecule has 1 aliphatic heterocycles. The largest absolute Gasteiger partial charge is 0.383 e. The van der Waals surface area contributed by atoms with Crippen molar-refractivity contribution in [3.63, 3.8) is 0 Å². The van der Waals surface area contributed by atoms with Crippen LogP contribution in [-0.2, 0) is 9.53 Å². The lowest BCUT2D eigenvalue weighted by Gasteiger charge is -2.36. The maximum absolute atomic E-state index is 15.2. The van der Waals surface area contributed by atoms with E-state index in [1.807, 2.05) is 4.90 Å². The fourth-order valence-electron chi connectivity index (χ4n) is 4.66. The molecule has 0 saturated carbocycles. The van der Waals surface area contributed by atoms with Crippen LogP contribution in [0, 0.1) is 11.6 Å². The minimum atomic E-state index is -1.05. The number of carbonyl (C=O) groups is 1. The van der Waals surface area contributed by atoms with Crippen LogP contribution >= 0.6 is 0 Å². The summed E-state index contributed by atoms with van der Waals surface area (Å²) in [6, 6.07) is 11.3. The van der Waals surface area contributed by atoms with Gasteiger partial charge in [0, 0.05) is 69.7 Å². The van der Waals surface area contributed by atoms with Crippen molar-refractivity contribution in [2.45, 2.75) is 0 Å². The van der Waals surface area contributed by atoms with E-state index in [1.54, 1.807) is 42.1 Å². The second kappa shape index (κ2) is 12.2. The molecule has 1 saturated heterocycles. The lowest BCUT2D eigenvalue weighted by molar-refractivity contribution is -0.111. The number of carbonyl (C=O) groups excluding carboxylic acids is 1. The number of hydrogen-bond acceptors (Lipinski definition) is 8. The Morgan fingerprint density at radius 2 is 1.93 bits per heavy atom. The van der Waals surface area contributed by atoms with Crippen LogP contribution in [0.4, 0.5) is 31.8 Å². The topological polar surface area (TPSA) is 105 Å². The van der Waals surface area contributed by atoms with Gasteiger partial charge < -0.3 is 24.8 Å². The summed E-state index contributed by atoms with van der Waals surface area (Å²) in [4.78, 5) is 36.9. The first kappa shape index (κ1) is 27.9. The number of piperazine rings is 1. The summed E-state index contributed by atoms with van der Waals surface area (Å²) < 4.78 is 37.1. The Hall–Kier alpha value is -4.68. The van der Waals surface area contributed by atoms with E-state index in [9.17, 15) is 9.59 Å². The highest BCUT2D eigenvalue weighted by Gasteiger charge is 2.23. The number of fused-ring (bicyclic) bond motifs is 1. The number of anilines is 4. The van der Waals surface area contributed by atoms with E-state index < -0.39 is 11.6 Å². The lowest BCUT2D eigenvalue weighted by Crippen LogP contribution is -2.47. The van der Waals surface area contributed by atoms with Crippen molar-refractivity contribution in [1.29, 1.82) is 0 Å². The van der Waals surface area contributed by atoms with Crippen LogP contribution in [0.5, 0.6) is 0 Å². The van der Waals surface area contributed by atoms with E-state index >= 15 is 8.78 Å². The van der Waals surface area contributed by atoms with Gasteiger partial charge in [-0.2, -0.15) is 4.98 Å². The number of methoxy groups -OCH3 is 1. The molecule has 1 fully saturated rings. The molecule has 3 heterocycles. The average molecular weight is 562 g/mol. The van der Waals surface area contributed by atoms with E-state index in [0.29, 0.717) is 31.1 Å². The Labute approximate surface area is 234 Å². The summed E-state index contributed by atoms with van der Waals surface area (Å²) >= 11 is 0. The van der Waals surface area contributed by atoms with Gasteiger partial charge in [-0.3, -0.25) is 14.5 Å². The van der Waals surface area contributed by atoms with Crippen LogP contribution in [0.3, 0.4) is 0 Å². The van der Waals surface area contributed by atoms with Gasteiger partial charge in [0.15, 0.2) is 22.7 Å². The number of pyridine rings is 1. The zero-order valence-electron chi connectivity index (χ0n) is 22.4. The standard InChI is InChI=1S/C29H29F2N7O3/c1-3-25(40)33-19-5-4-6-20(17-19)38-10-9-24(39)21-18-32-29(35-28(21)38)34-22-7-8-23(27(31)26(22)30)37-13-11-36(12-14-37)15-16-41-2/h3-10,17-18H,1,11-16H2,2H3,(H,33,40)(H,32,34,35).